The van der Waals surface area contributed by atoms with E-state index in [2.05, 4.69) is 10.6 Å². The van der Waals surface area contributed by atoms with E-state index in [1.807, 2.05) is 38.1 Å². The van der Waals surface area contributed by atoms with Crippen molar-refractivity contribution in [3.05, 3.63) is 24.3 Å². The first kappa shape index (κ1) is 15.9. The molecule has 0 radical (unpaired) electrons. The van der Waals surface area contributed by atoms with Gasteiger partial charge in [-0.3, -0.25) is 0 Å². The molecule has 0 aromatic heterocycles. The van der Waals surface area contributed by atoms with Gasteiger partial charge in [0.05, 0.1) is 17.9 Å². The lowest BCUT2D eigenvalue weighted by molar-refractivity contribution is 0.239. The molecule has 0 bridgehead atoms. The van der Waals surface area contributed by atoms with Crippen LogP contribution in [0.4, 0.5) is 16.2 Å². The van der Waals surface area contributed by atoms with Crippen molar-refractivity contribution in [2.24, 2.45) is 0 Å². The molecule has 1 saturated carbocycles. The van der Waals surface area contributed by atoms with Gasteiger partial charge in [-0.1, -0.05) is 12.1 Å². The van der Waals surface area contributed by atoms with Crippen LogP contribution in [0.3, 0.4) is 0 Å². The largest absolute Gasteiger partial charge is 0.336 e. The zero-order valence-corrected chi connectivity index (χ0v) is 14.1. The highest BCUT2D eigenvalue weighted by atomic mass is 32.2. The SMILES string of the molecule is CC(C)NC(=O)NCCN1c2ccccc2N(C2CC2)S1(=O)=O. The third-order valence-corrected chi connectivity index (χ3v) is 5.74. The maximum Gasteiger partial charge on any atom is 0.326 e. The van der Waals surface area contributed by atoms with Gasteiger partial charge in [0, 0.05) is 18.6 Å². The second kappa shape index (κ2) is 5.92. The van der Waals surface area contributed by atoms with Gasteiger partial charge < -0.3 is 10.6 Å². The summed E-state index contributed by atoms with van der Waals surface area (Å²) in [5, 5.41) is 5.41. The van der Waals surface area contributed by atoms with Crippen LogP contribution in [0.15, 0.2) is 24.3 Å². The Hall–Kier alpha value is -1.96. The third-order valence-electron chi connectivity index (χ3n) is 3.81. The van der Waals surface area contributed by atoms with Crippen molar-refractivity contribution >= 4 is 27.6 Å². The van der Waals surface area contributed by atoms with Crippen LogP contribution >= 0.6 is 0 Å². The van der Waals surface area contributed by atoms with Crippen LogP contribution in [0, 0.1) is 0 Å². The molecule has 0 unspecified atom stereocenters. The molecule has 1 aromatic rings. The number of amides is 2. The van der Waals surface area contributed by atoms with E-state index >= 15 is 0 Å². The van der Waals surface area contributed by atoms with Crippen LogP contribution in [0.1, 0.15) is 26.7 Å². The molecule has 1 aliphatic heterocycles. The normalized spacial score (nSPS) is 18.9. The van der Waals surface area contributed by atoms with E-state index in [0.29, 0.717) is 5.69 Å². The van der Waals surface area contributed by atoms with Gasteiger partial charge in [-0.15, -0.1) is 0 Å². The maximum absolute atomic E-state index is 12.8. The van der Waals surface area contributed by atoms with Crippen molar-refractivity contribution in [3.63, 3.8) is 0 Å². The number of nitrogens with zero attached hydrogens (tertiary/aromatic N) is 2. The predicted molar refractivity (Wildman–Crippen MR) is 89.9 cm³/mol. The number of urea groups is 1. The molecule has 8 heteroatoms. The van der Waals surface area contributed by atoms with Crippen LogP contribution in [0.25, 0.3) is 0 Å². The third kappa shape index (κ3) is 3.08. The maximum atomic E-state index is 12.8. The van der Waals surface area contributed by atoms with Crippen molar-refractivity contribution < 1.29 is 13.2 Å². The van der Waals surface area contributed by atoms with Crippen molar-refractivity contribution in [1.82, 2.24) is 10.6 Å². The van der Waals surface area contributed by atoms with Gasteiger partial charge in [-0.05, 0) is 38.8 Å². The summed E-state index contributed by atoms with van der Waals surface area (Å²) in [5.41, 5.74) is 1.42. The second-order valence-corrected chi connectivity index (χ2v) is 7.88. The van der Waals surface area contributed by atoms with Gasteiger partial charge in [0.1, 0.15) is 0 Å². The Morgan fingerprint density at radius 3 is 2.52 bits per heavy atom. The van der Waals surface area contributed by atoms with E-state index in [1.54, 1.807) is 0 Å². The Kier molecular flexibility index (Phi) is 4.09. The lowest BCUT2D eigenvalue weighted by Gasteiger charge is -2.21. The Morgan fingerprint density at radius 2 is 1.91 bits per heavy atom. The van der Waals surface area contributed by atoms with Crippen molar-refractivity contribution in [1.29, 1.82) is 0 Å². The number of rotatable bonds is 5. The summed E-state index contributed by atoms with van der Waals surface area (Å²) >= 11 is 0. The van der Waals surface area contributed by atoms with Crippen LogP contribution < -0.4 is 19.2 Å². The van der Waals surface area contributed by atoms with Crippen LogP contribution in [0.5, 0.6) is 0 Å². The molecule has 126 valence electrons. The molecule has 0 saturated heterocycles. The van der Waals surface area contributed by atoms with E-state index in [1.165, 1.54) is 8.61 Å². The smallest absolute Gasteiger partial charge is 0.326 e. The molecular weight excluding hydrogens is 316 g/mol. The number of para-hydroxylation sites is 2. The van der Waals surface area contributed by atoms with E-state index in [-0.39, 0.29) is 31.2 Å². The molecule has 2 amide bonds. The highest BCUT2D eigenvalue weighted by molar-refractivity contribution is 7.94. The zero-order valence-electron chi connectivity index (χ0n) is 13.3. The summed E-state index contributed by atoms with van der Waals surface area (Å²) in [6, 6.07) is 7.15. The average molecular weight is 338 g/mol. The van der Waals surface area contributed by atoms with Gasteiger partial charge >= 0.3 is 16.2 Å². The van der Waals surface area contributed by atoms with Gasteiger partial charge in [0.2, 0.25) is 0 Å². The number of hydrogen-bond acceptors (Lipinski definition) is 3. The zero-order chi connectivity index (χ0) is 16.6. The first-order chi connectivity index (χ1) is 10.9. The van der Waals surface area contributed by atoms with Crippen molar-refractivity contribution in [2.75, 3.05) is 21.7 Å². The summed E-state index contributed by atoms with van der Waals surface area (Å²) in [4.78, 5) is 11.6. The second-order valence-electron chi connectivity index (χ2n) is 6.15. The standard InChI is InChI=1S/C15H22N4O3S/c1-11(2)17-15(20)16-9-10-18-13-5-3-4-6-14(13)19(12-7-8-12)23(18,21)22/h3-6,11-12H,7-10H2,1-2H3,(H2,16,17,20). The summed E-state index contributed by atoms with van der Waals surface area (Å²) in [6.07, 6.45) is 1.80. The lowest BCUT2D eigenvalue weighted by Crippen LogP contribution is -2.45. The fourth-order valence-corrected chi connectivity index (χ4v) is 4.66. The first-order valence-electron chi connectivity index (χ1n) is 7.87. The minimum Gasteiger partial charge on any atom is -0.336 e. The van der Waals surface area contributed by atoms with Crippen molar-refractivity contribution in [3.8, 4) is 0 Å². The number of fused-ring (bicyclic) bond motifs is 1. The molecule has 0 atom stereocenters. The predicted octanol–water partition coefficient (Wildman–Crippen LogP) is 1.43. The lowest BCUT2D eigenvalue weighted by atomic mass is 10.2. The van der Waals surface area contributed by atoms with Crippen LogP contribution in [0.2, 0.25) is 0 Å². The average Bonchev–Trinajstić information content (AvgIpc) is 3.25. The van der Waals surface area contributed by atoms with E-state index in [4.69, 9.17) is 0 Å². The number of anilines is 2. The summed E-state index contributed by atoms with van der Waals surface area (Å²) < 4.78 is 28.5. The molecule has 1 aromatic carbocycles. The molecule has 0 spiro atoms. The number of nitrogens with one attached hydrogen (secondary N) is 2. The van der Waals surface area contributed by atoms with Crippen LogP contribution in [-0.4, -0.2) is 39.6 Å². The minimum absolute atomic E-state index is 0.0385. The van der Waals surface area contributed by atoms with Gasteiger partial charge in [-0.2, -0.15) is 8.42 Å². The number of hydrogen-bond donors (Lipinski definition) is 2. The fourth-order valence-electron chi connectivity index (χ4n) is 2.73. The van der Waals surface area contributed by atoms with Crippen molar-refractivity contribution in [2.45, 2.75) is 38.8 Å². The molecule has 3 rings (SSSR count). The monoisotopic (exact) mass is 338 g/mol. The topological polar surface area (TPSA) is 81.8 Å². The molecule has 7 nitrogen and oxygen atoms in total. The molecule has 2 aliphatic rings. The Morgan fingerprint density at radius 1 is 1.26 bits per heavy atom. The molecule has 1 aliphatic carbocycles. The molecule has 2 N–H and O–H groups in total. The quantitative estimate of drug-likeness (QED) is 0.852. The summed E-state index contributed by atoms with van der Waals surface area (Å²) in [5.74, 6) is 0. The molecule has 1 fully saturated rings. The summed E-state index contributed by atoms with van der Waals surface area (Å²) in [6.45, 7) is 4.21. The van der Waals surface area contributed by atoms with Gasteiger partial charge in [-0.25, -0.2) is 13.4 Å². The molecule has 23 heavy (non-hydrogen) atoms. The molecule has 1 heterocycles. The van der Waals surface area contributed by atoms with Gasteiger partial charge in [0.25, 0.3) is 0 Å². The minimum atomic E-state index is -3.55. The number of benzene rings is 1. The Bertz CT molecular complexity index is 700. The highest BCUT2D eigenvalue weighted by Gasteiger charge is 2.47. The Labute approximate surface area is 136 Å². The highest BCUT2D eigenvalue weighted by Crippen LogP contribution is 2.46. The van der Waals surface area contributed by atoms with E-state index < -0.39 is 10.2 Å². The first-order valence-corrected chi connectivity index (χ1v) is 9.26. The Balaban J connectivity index is 1.73. The number of carbonyl (C=O) groups is 1. The van der Waals surface area contributed by atoms with Gasteiger partial charge in [0.15, 0.2) is 0 Å². The summed E-state index contributed by atoms with van der Waals surface area (Å²) in [7, 11) is -3.55. The fraction of sp³-hybridized carbons (Fsp3) is 0.533. The van der Waals surface area contributed by atoms with E-state index in [0.717, 1.165) is 18.5 Å². The van der Waals surface area contributed by atoms with E-state index in [9.17, 15) is 13.2 Å². The number of carbonyl (C=O) groups excluding carboxylic acids is 1. The molecular formula is C15H22N4O3S. The van der Waals surface area contributed by atoms with Crippen LogP contribution in [-0.2, 0) is 10.2 Å².